The highest BCUT2D eigenvalue weighted by molar-refractivity contribution is 8.16. The second-order valence-corrected chi connectivity index (χ2v) is 11.7. The first-order valence-electron chi connectivity index (χ1n) is 10.2. The van der Waals surface area contributed by atoms with E-state index in [0.29, 0.717) is 17.5 Å². The molecular formula is C21H28N2O3S2. The van der Waals surface area contributed by atoms with Gasteiger partial charge in [0.1, 0.15) is 0 Å². The van der Waals surface area contributed by atoms with Gasteiger partial charge in [0.25, 0.3) is 0 Å². The highest BCUT2D eigenvalue weighted by atomic mass is 32.2. The normalized spacial score (nSPS) is 28.2. The van der Waals surface area contributed by atoms with Crippen molar-refractivity contribution in [2.45, 2.75) is 63.7 Å². The highest BCUT2D eigenvalue weighted by Crippen LogP contribution is 2.42. The van der Waals surface area contributed by atoms with Crippen molar-refractivity contribution in [2.24, 2.45) is 10.9 Å². The number of hydrogen-bond donors (Lipinski definition) is 0. The zero-order valence-electron chi connectivity index (χ0n) is 16.6. The van der Waals surface area contributed by atoms with E-state index >= 15 is 0 Å². The van der Waals surface area contributed by atoms with Crippen molar-refractivity contribution in [3.8, 4) is 0 Å². The molecule has 5 nitrogen and oxygen atoms in total. The molecule has 2 saturated heterocycles. The van der Waals surface area contributed by atoms with Gasteiger partial charge in [-0.15, -0.1) is 0 Å². The molecule has 0 spiro atoms. The Hall–Kier alpha value is -1.34. The Morgan fingerprint density at radius 2 is 1.96 bits per heavy atom. The third-order valence-corrected chi connectivity index (χ3v) is 9.57. The lowest BCUT2D eigenvalue weighted by atomic mass is 10.0. The Morgan fingerprint density at radius 3 is 2.71 bits per heavy atom. The zero-order valence-corrected chi connectivity index (χ0v) is 18.2. The number of carbonyl (C=O) groups is 1. The van der Waals surface area contributed by atoms with Crippen LogP contribution >= 0.6 is 11.8 Å². The Bertz CT molecular complexity index is 904. The van der Waals surface area contributed by atoms with Crippen LogP contribution in [0.1, 0.15) is 49.7 Å². The summed E-state index contributed by atoms with van der Waals surface area (Å²) in [5.74, 6) is 0.888. The number of hydrogen-bond acceptors (Lipinski definition) is 4. The summed E-state index contributed by atoms with van der Waals surface area (Å²) >= 11 is 1.46. The van der Waals surface area contributed by atoms with E-state index in [9.17, 15) is 13.2 Å². The van der Waals surface area contributed by atoms with E-state index in [1.54, 1.807) is 0 Å². The van der Waals surface area contributed by atoms with E-state index in [4.69, 9.17) is 0 Å². The summed E-state index contributed by atoms with van der Waals surface area (Å²) in [5.41, 5.74) is 3.23. The summed E-state index contributed by atoms with van der Waals surface area (Å²) < 4.78 is 24.4. The molecule has 3 aliphatic rings. The van der Waals surface area contributed by atoms with Crippen molar-refractivity contribution in [2.75, 3.05) is 16.4 Å². The predicted molar refractivity (Wildman–Crippen MR) is 116 cm³/mol. The van der Waals surface area contributed by atoms with Gasteiger partial charge in [-0.1, -0.05) is 49.6 Å². The van der Waals surface area contributed by atoms with Crippen LogP contribution in [-0.2, 0) is 14.6 Å². The molecule has 7 heteroatoms. The first kappa shape index (κ1) is 20.0. The van der Waals surface area contributed by atoms with Crippen molar-refractivity contribution in [1.29, 1.82) is 0 Å². The number of nitrogens with zero attached hydrogens (tertiary/aromatic N) is 2. The maximum Gasteiger partial charge on any atom is 0.248 e. The Balaban J connectivity index is 1.60. The van der Waals surface area contributed by atoms with E-state index in [2.05, 4.69) is 18.0 Å². The molecule has 1 amide bonds. The fourth-order valence-corrected chi connectivity index (χ4v) is 8.56. The van der Waals surface area contributed by atoms with Gasteiger partial charge in [-0.3, -0.25) is 4.79 Å². The number of aryl methyl sites for hydroxylation is 1. The molecule has 2 heterocycles. The van der Waals surface area contributed by atoms with Gasteiger partial charge in [-0.25, -0.2) is 8.42 Å². The number of carbonyl (C=O) groups excluding carboxylic acids is 1. The van der Waals surface area contributed by atoms with Gasteiger partial charge in [0.05, 0.1) is 17.5 Å². The topological polar surface area (TPSA) is 66.8 Å². The van der Waals surface area contributed by atoms with Crippen LogP contribution in [-0.4, -0.2) is 42.3 Å². The minimum absolute atomic E-state index is 0.0497. The molecule has 2 unspecified atom stereocenters. The lowest BCUT2D eigenvalue weighted by Gasteiger charge is -2.27. The molecule has 2 aliphatic heterocycles. The Kier molecular flexibility index (Phi) is 5.58. The highest BCUT2D eigenvalue weighted by Gasteiger charge is 2.49. The fourth-order valence-electron chi connectivity index (χ4n) is 4.63. The molecule has 1 aromatic carbocycles. The Labute approximate surface area is 171 Å². The van der Waals surface area contributed by atoms with Crippen LogP contribution in [0.3, 0.4) is 0 Å². The number of sulfone groups is 1. The van der Waals surface area contributed by atoms with Crippen LogP contribution in [0.4, 0.5) is 5.69 Å². The van der Waals surface area contributed by atoms with Gasteiger partial charge >= 0.3 is 0 Å². The molecule has 1 saturated carbocycles. The lowest BCUT2D eigenvalue weighted by Crippen LogP contribution is -2.38. The quantitative estimate of drug-likeness (QED) is 0.740. The van der Waals surface area contributed by atoms with Crippen LogP contribution < -0.4 is 4.90 Å². The second-order valence-electron chi connectivity index (χ2n) is 8.37. The van der Waals surface area contributed by atoms with E-state index in [-0.39, 0.29) is 28.7 Å². The number of rotatable bonds is 4. The van der Waals surface area contributed by atoms with Gasteiger partial charge < -0.3 is 4.90 Å². The van der Waals surface area contributed by atoms with Gasteiger partial charge in [0.15, 0.2) is 15.0 Å². The van der Waals surface area contributed by atoms with Gasteiger partial charge in [0.2, 0.25) is 5.91 Å². The standard InChI is InChI=1S/C21H28N2O3S2/c1-14-6-5-9-17(15(14)2)23-18-12-28(25,26)13-19(18)27-21(23)22-20(24)11-10-16-7-3-4-8-16/h5-6,9,16,18-19H,3-4,7-8,10-13H2,1-2H3. The molecule has 0 radical (unpaired) electrons. The van der Waals surface area contributed by atoms with Crippen LogP contribution in [0.2, 0.25) is 0 Å². The summed E-state index contributed by atoms with van der Waals surface area (Å²) in [4.78, 5) is 19.1. The molecule has 4 rings (SSSR count). The smallest absolute Gasteiger partial charge is 0.248 e. The third-order valence-electron chi connectivity index (χ3n) is 6.36. The van der Waals surface area contributed by atoms with Crippen LogP contribution in [0.15, 0.2) is 23.2 Å². The minimum Gasteiger partial charge on any atom is -0.315 e. The molecule has 0 N–H and O–H groups in total. The maximum absolute atomic E-state index is 12.6. The number of fused-ring (bicyclic) bond motifs is 1. The van der Waals surface area contributed by atoms with E-state index in [1.165, 1.54) is 37.4 Å². The fraction of sp³-hybridized carbons (Fsp3) is 0.619. The van der Waals surface area contributed by atoms with E-state index in [1.807, 2.05) is 24.0 Å². The number of anilines is 1. The number of thioether (sulfide) groups is 1. The minimum atomic E-state index is -3.05. The van der Waals surface area contributed by atoms with Crippen LogP contribution in [0, 0.1) is 19.8 Å². The number of benzene rings is 1. The molecule has 1 aromatic rings. The monoisotopic (exact) mass is 420 g/mol. The molecule has 152 valence electrons. The van der Waals surface area contributed by atoms with Crippen molar-refractivity contribution < 1.29 is 13.2 Å². The second kappa shape index (κ2) is 7.82. The molecule has 1 aliphatic carbocycles. The van der Waals surface area contributed by atoms with Crippen molar-refractivity contribution in [3.63, 3.8) is 0 Å². The predicted octanol–water partition coefficient (Wildman–Crippen LogP) is 3.88. The van der Waals surface area contributed by atoms with Gasteiger partial charge in [-0.05, 0) is 43.4 Å². The largest absolute Gasteiger partial charge is 0.315 e. The van der Waals surface area contributed by atoms with E-state index in [0.717, 1.165) is 23.2 Å². The van der Waals surface area contributed by atoms with Gasteiger partial charge in [0, 0.05) is 17.4 Å². The Morgan fingerprint density at radius 1 is 1.21 bits per heavy atom. The maximum atomic E-state index is 12.6. The number of amidine groups is 1. The number of amides is 1. The lowest BCUT2D eigenvalue weighted by molar-refractivity contribution is -0.118. The van der Waals surface area contributed by atoms with Gasteiger partial charge in [-0.2, -0.15) is 4.99 Å². The molecule has 28 heavy (non-hydrogen) atoms. The first-order chi connectivity index (χ1) is 13.3. The van der Waals surface area contributed by atoms with Crippen molar-refractivity contribution >= 4 is 38.4 Å². The third kappa shape index (κ3) is 4.01. The summed E-state index contributed by atoms with van der Waals surface area (Å²) in [6.07, 6.45) is 6.43. The molecule has 2 atom stereocenters. The average Bonchev–Trinajstić information content (AvgIpc) is 3.31. The molecule has 0 bridgehead atoms. The summed E-state index contributed by atoms with van der Waals surface area (Å²) in [6.45, 7) is 4.10. The molecular weight excluding hydrogens is 392 g/mol. The summed E-state index contributed by atoms with van der Waals surface area (Å²) in [6, 6.07) is 5.90. The zero-order chi connectivity index (χ0) is 19.9. The molecule has 3 fully saturated rings. The van der Waals surface area contributed by atoms with Crippen LogP contribution in [0.5, 0.6) is 0 Å². The van der Waals surface area contributed by atoms with Crippen molar-refractivity contribution in [1.82, 2.24) is 0 Å². The van der Waals surface area contributed by atoms with Crippen molar-refractivity contribution in [3.05, 3.63) is 29.3 Å². The summed E-state index contributed by atoms with van der Waals surface area (Å²) in [5, 5.41) is 0.626. The SMILES string of the molecule is Cc1cccc(N2C(=NC(=O)CCC3CCCC3)SC3CS(=O)(=O)CC32)c1C. The summed E-state index contributed by atoms with van der Waals surface area (Å²) in [7, 11) is -3.05. The molecule has 0 aromatic heterocycles. The van der Waals surface area contributed by atoms with Crippen LogP contribution in [0.25, 0.3) is 0 Å². The number of aliphatic imine (C=N–C) groups is 1. The van der Waals surface area contributed by atoms with E-state index < -0.39 is 9.84 Å². The first-order valence-corrected chi connectivity index (χ1v) is 12.9. The average molecular weight is 421 g/mol.